The third kappa shape index (κ3) is 4.78. The lowest BCUT2D eigenvalue weighted by Gasteiger charge is -2.21. The molecular formula is C10H19NO4. The van der Waals surface area contributed by atoms with Gasteiger partial charge in [-0.05, 0) is 20.8 Å². The van der Waals surface area contributed by atoms with Crippen LogP contribution in [0.3, 0.4) is 0 Å². The standard InChI is InChI=1S/C10H19NO4/c1-5-15-10(14)8(4)11-7(3)6(2)9(12)13/h6-8,11H,5H2,1-4H3,(H,12,13). The van der Waals surface area contributed by atoms with Crippen molar-refractivity contribution in [3.8, 4) is 0 Å². The minimum absolute atomic E-state index is 0.276. The van der Waals surface area contributed by atoms with E-state index in [0.29, 0.717) is 6.61 Å². The van der Waals surface area contributed by atoms with Crippen molar-refractivity contribution in [3.05, 3.63) is 0 Å². The van der Waals surface area contributed by atoms with Gasteiger partial charge in [-0.2, -0.15) is 0 Å². The molecule has 88 valence electrons. The van der Waals surface area contributed by atoms with Gasteiger partial charge >= 0.3 is 11.9 Å². The first kappa shape index (κ1) is 13.9. The van der Waals surface area contributed by atoms with Crippen LogP contribution in [0.5, 0.6) is 0 Å². The topological polar surface area (TPSA) is 75.6 Å². The summed E-state index contributed by atoms with van der Waals surface area (Å²) in [6, 6.07) is -0.761. The highest BCUT2D eigenvalue weighted by Crippen LogP contribution is 2.04. The zero-order valence-electron chi connectivity index (χ0n) is 9.61. The minimum atomic E-state index is -0.883. The lowest BCUT2D eigenvalue weighted by Crippen LogP contribution is -2.45. The number of carboxylic acid groups (broad SMARTS) is 1. The van der Waals surface area contributed by atoms with E-state index in [4.69, 9.17) is 9.84 Å². The van der Waals surface area contributed by atoms with E-state index in [1.807, 2.05) is 0 Å². The molecule has 0 aromatic carbocycles. The maximum atomic E-state index is 11.2. The smallest absolute Gasteiger partial charge is 0.322 e. The molecule has 0 aliphatic heterocycles. The van der Waals surface area contributed by atoms with Gasteiger partial charge in [0.25, 0.3) is 0 Å². The molecule has 3 atom stereocenters. The number of esters is 1. The van der Waals surface area contributed by atoms with Crippen LogP contribution in [-0.4, -0.2) is 35.7 Å². The van der Waals surface area contributed by atoms with Gasteiger partial charge in [-0.3, -0.25) is 9.59 Å². The third-order valence-electron chi connectivity index (χ3n) is 2.29. The zero-order valence-corrected chi connectivity index (χ0v) is 9.61. The van der Waals surface area contributed by atoms with E-state index < -0.39 is 17.9 Å². The Kier molecular flexibility index (Phi) is 5.93. The SMILES string of the molecule is CCOC(=O)C(C)NC(C)C(C)C(=O)O. The van der Waals surface area contributed by atoms with Crippen LogP contribution >= 0.6 is 0 Å². The normalized spacial score (nSPS) is 16.5. The van der Waals surface area contributed by atoms with Gasteiger partial charge in [-0.15, -0.1) is 0 Å². The summed E-state index contributed by atoms with van der Waals surface area (Å²) in [5.74, 6) is -1.78. The summed E-state index contributed by atoms with van der Waals surface area (Å²) in [6.07, 6.45) is 0. The van der Waals surface area contributed by atoms with Crippen LogP contribution in [0, 0.1) is 5.92 Å². The monoisotopic (exact) mass is 217 g/mol. The summed E-state index contributed by atoms with van der Waals surface area (Å²) in [6.45, 7) is 7.04. The van der Waals surface area contributed by atoms with E-state index in [1.54, 1.807) is 27.7 Å². The average Bonchev–Trinajstić information content (AvgIpc) is 2.16. The second-order valence-corrected chi connectivity index (χ2v) is 3.56. The molecule has 15 heavy (non-hydrogen) atoms. The highest BCUT2D eigenvalue weighted by molar-refractivity contribution is 5.75. The fourth-order valence-corrected chi connectivity index (χ4v) is 1.09. The van der Waals surface area contributed by atoms with Gasteiger partial charge in [0.05, 0.1) is 12.5 Å². The van der Waals surface area contributed by atoms with Crippen LogP contribution in [0.25, 0.3) is 0 Å². The Morgan fingerprint density at radius 2 is 1.87 bits per heavy atom. The predicted molar refractivity (Wildman–Crippen MR) is 55.5 cm³/mol. The summed E-state index contributed by atoms with van der Waals surface area (Å²) in [5, 5.41) is 11.6. The Balaban J connectivity index is 4.11. The van der Waals surface area contributed by atoms with E-state index in [2.05, 4.69) is 5.32 Å². The van der Waals surface area contributed by atoms with E-state index in [9.17, 15) is 9.59 Å². The first-order valence-corrected chi connectivity index (χ1v) is 5.05. The number of aliphatic carboxylic acids is 1. The molecule has 2 N–H and O–H groups in total. The molecule has 0 aromatic heterocycles. The molecule has 0 spiro atoms. The molecule has 0 radical (unpaired) electrons. The fourth-order valence-electron chi connectivity index (χ4n) is 1.09. The maximum Gasteiger partial charge on any atom is 0.322 e. The van der Waals surface area contributed by atoms with Gasteiger partial charge < -0.3 is 15.2 Å². The molecular weight excluding hydrogens is 198 g/mol. The molecule has 0 aliphatic rings. The number of carbonyl (C=O) groups excluding carboxylic acids is 1. The second kappa shape index (κ2) is 6.40. The number of carboxylic acids is 1. The summed E-state index contributed by atoms with van der Waals surface area (Å²) >= 11 is 0. The highest BCUT2D eigenvalue weighted by atomic mass is 16.5. The van der Waals surface area contributed by atoms with Crippen molar-refractivity contribution in [2.45, 2.75) is 39.8 Å². The number of hydrogen-bond acceptors (Lipinski definition) is 4. The number of carbonyl (C=O) groups is 2. The quantitative estimate of drug-likeness (QED) is 0.638. The van der Waals surface area contributed by atoms with Crippen LogP contribution in [0.4, 0.5) is 0 Å². The lowest BCUT2D eigenvalue weighted by molar-refractivity contribution is -0.147. The van der Waals surface area contributed by atoms with Crippen LogP contribution in [0.1, 0.15) is 27.7 Å². The van der Waals surface area contributed by atoms with Crippen LogP contribution in [-0.2, 0) is 14.3 Å². The number of rotatable bonds is 6. The largest absolute Gasteiger partial charge is 0.481 e. The Bertz CT molecular complexity index is 229. The molecule has 0 fully saturated rings. The molecule has 0 bridgehead atoms. The molecule has 0 heterocycles. The molecule has 5 nitrogen and oxygen atoms in total. The molecule has 0 aliphatic carbocycles. The summed E-state index contributed by atoms with van der Waals surface area (Å²) < 4.78 is 4.80. The van der Waals surface area contributed by atoms with Crippen LogP contribution in [0.15, 0.2) is 0 Å². The average molecular weight is 217 g/mol. The van der Waals surface area contributed by atoms with E-state index in [-0.39, 0.29) is 12.0 Å². The Hall–Kier alpha value is -1.10. The summed E-state index contributed by atoms with van der Waals surface area (Å²) in [4.78, 5) is 21.9. The predicted octanol–water partition coefficient (Wildman–Crippen LogP) is 0.637. The molecule has 0 saturated heterocycles. The van der Waals surface area contributed by atoms with Gasteiger partial charge in [0, 0.05) is 6.04 Å². The van der Waals surface area contributed by atoms with Crippen molar-refractivity contribution in [1.29, 1.82) is 0 Å². The van der Waals surface area contributed by atoms with Crippen LogP contribution < -0.4 is 5.32 Å². The lowest BCUT2D eigenvalue weighted by atomic mass is 10.0. The Morgan fingerprint density at radius 1 is 1.33 bits per heavy atom. The first-order chi connectivity index (χ1) is 6.90. The van der Waals surface area contributed by atoms with Crippen LogP contribution in [0.2, 0.25) is 0 Å². The fraction of sp³-hybridized carbons (Fsp3) is 0.800. The summed E-state index contributed by atoms with van der Waals surface area (Å²) in [7, 11) is 0. The van der Waals surface area contributed by atoms with Gasteiger partial charge in [0.1, 0.15) is 6.04 Å². The van der Waals surface area contributed by atoms with Crippen molar-refractivity contribution in [2.75, 3.05) is 6.61 Å². The first-order valence-electron chi connectivity index (χ1n) is 5.05. The molecule has 5 heteroatoms. The molecule has 0 aromatic rings. The van der Waals surface area contributed by atoms with Gasteiger partial charge in [-0.25, -0.2) is 0 Å². The number of hydrogen-bond donors (Lipinski definition) is 2. The van der Waals surface area contributed by atoms with E-state index in [0.717, 1.165) is 0 Å². The highest BCUT2D eigenvalue weighted by Gasteiger charge is 2.23. The van der Waals surface area contributed by atoms with Gasteiger partial charge in [-0.1, -0.05) is 6.92 Å². The Morgan fingerprint density at radius 3 is 2.27 bits per heavy atom. The number of ether oxygens (including phenoxy) is 1. The zero-order chi connectivity index (χ0) is 12.0. The van der Waals surface area contributed by atoms with Gasteiger partial charge in [0.15, 0.2) is 0 Å². The molecule has 3 unspecified atom stereocenters. The second-order valence-electron chi connectivity index (χ2n) is 3.56. The molecule has 0 rings (SSSR count). The Labute approximate surface area is 89.8 Å². The van der Waals surface area contributed by atoms with Crippen molar-refractivity contribution in [2.24, 2.45) is 5.92 Å². The summed E-state index contributed by atoms with van der Waals surface area (Å²) in [5.41, 5.74) is 0. The maximum absolute atomic E-state index is 11.2. The van der Waals surface area contributed by atoms with Gasteiger partial charge in [0.2, 0.25) is 0 Å². The van der Waals surface area contributed by atoms with Crippen molar-refractivity contribution in [1.82, 2.24) is 5.32 Å². The molecule has 0 amide bonds. The molecule has 0 saturated carbocycles. The van der Waals surface area contributed by atoms with Crippen molar-refractivity contribution in [3.63, 3.8) is 0 Å². The van der Waals surface area contributed by atoms with Crippen molar-refractivity contribution >= 4 is 11.9 Å². The third-order valence-corrected chi connectivity index (χ3v) is 2.29. The van der Waals surface area contributed by atoms with Crippen molar-refractivity contribution < 1.29 is 19.4 Å². The van der Waals surface area contributed by atoms with E-state index in [1.165, 1.54) is 0 Å². The number of nitrogens with one attached hydrogen (secondary N) is 1. The van der Waals surface area contributed by atoms with E-state index >= 15 is 0 Å². The minimum Gasteiger partial charge on any atom is -0.481 e.